The van der Waals surface area contributed by atoms with Crippen LogP contribution in [0.5, 0.6) is 5.75 Å². The summed E-state index contributed by atoms with van der Waals surface area (Å²) in [7, 11) is 0. The molecule has 0 saturated carbocycles. The Bertz CT molecular complexity index is 707. The van der Waals surface area contributed by atoms with Crippen molar-refractivity contribution in [3.63, 3.8) is 0 Å². The van der Waals surface area contributed by atoms with E-state index in [-0.39, 0.29) is 5.82 Å². The van der Waals surface area contributed by atoms with Gasteiger partial charge in [0.15, 0.2) is 11.6 Å². The molecule has 1 unspecified atom stereocenters. The lowest BCUT2D eigenvalue weighted by molar-refractivity contribution is 0.289. The van der Waals surface area contributed by atoms with Crippen molar-refractivity contribution in [2.75, 3.05) is 6.61 Å². The van der Waals surface area contributed by atoms with Crippen molar-refractivity contribution >= 4 is 0 Å². The molecule has 0 fully saturated rings. The van der Waals surface area contributed by atoms with Crippen LogP contribution in [0.2, 0.25) is 0 Å². The van der Waals surface area contributed by atoms with Gasteiger partial charge in [0.1, 0.15) is 0 Å². The van der Waals surface area contributed by atoms with E-state index in [9.17, 15) is 4.39 Å². The molecule has 2 rings (SSSR count). The number of halogens is 1. The quantitative estimate of drug-likeness (QED) is 0.265. The van der Waals surface area contributed by atoms with Crippen molar-refractivity contribution in [2.45, 2.75) is 91.4 Å². The first-order chi connectivity index (χ1) is 14.6. The summed E-state index contributed by atoms with van der Waals surface area (Å²) in [5, 5.41) is 0. The molecule has 1 atom stereocenters. The Hall–Kier alpha value is -1.83. The maximum atomic E-state index is 14.5. The van der Waals surface area contributed by atoms with E-state index in [1.807, 2.05) is 6.07 Å². The smallest absolute Gasteiger partial charge is 0.165 e. The van der Waals surface area contributed by atoms with Crippen LogP contribution in [-0.2, 0) is 6.42 Å². The summed E-state index contributed by atoms with van der Waals surface area (Å²) in [4.78, 5) is 0. The lowest BCUT2D eigenvalue weighted by Gasteiger charge is -2.10. The number of hydrogen-bond donors (Lipinski definition) is 0. The Morgan fingerprint density at radius 3 is 2.20 bits per heavy atom. The van der Waals surface area contributed by atoms with Gasteiger partial charge >= 0.3 is 0 Å². The normalized spacial score (nSPS) is 12.1. The molecule has 0 aromatic heterocycles. The van der Waals surface area contributed by atoms with Crippen LogP contribution in [0.15, 0.2) is 42.5 Å². The van der Waals surface area contributed by atoms with Gasteiger partial charge in [-0.05, 0) is 54.0 Å². The number of hydrogen-bond acceptors (Lipinski definition) is 1. The van der Waals surface area contributed by atoms with E-state index in [4.69, 9.17) is 4.74 Å². The molecule has 0 radical (unpaired) electrons. The lowest BCUT2D eigenvalue weighted by atomic mass is 10.0. The third-order valence-electron chi connectivity index (χ3n) is 6.08. The number of ether oxygens (including phenoxy) is 1. The standard InChI is InChI=1S/C28H41FO/c1-4-6-10-14-24-15-17-25(18-16-24)26-19-20-28(27(29)22-26)30-21-12-9-7-8-11-13-23(3)5-2/h15-20,22-23H,4-14,21H2,1-3H3. The van der Waals surface area contributed by atoms with Crippen LogP contribution in [0.1, 0.15) is 90.5 Å². The molecule has 0 aliphatic rings. The van der Waals surface area contributed by atoms with Crippen molar-refractivity contribution in [1.82, 2.24) is 0 Å². The fourth-order valence-corrected chi connectivity index (χ4v) is 3.75. The van der Waals surface area contributed by atoms with Gasteiger partial charge in [-0.25, -0.2) is 4.39 Å². The van der Waals surface area contributed by atoms with Crippen molar-refractivity contribution < 1.29 is 9.13 Å². The van der Waals surface area contributed by atoms with Crippen molar-refractivity contribution in [2.24, 2.45) is 5.92 Å². The van der Waals surface area contributed by atoms with Crippen molar-refractivity contribution in [1.29, 1.82) is 0 Å². The zero-order valence-corrected chi connectivity index (χ0v) is 19.4. The maximum Gasteiger partial charge on any atom is 0.165 e. The molecule has 2 heteroatoms. The Balaban J connectivity index is 1.72. The Morgan fingerprint density at radius 1 is 0.800 bits per heavy atom. The third kappa shape index (κ3) is 8.90. The maximum absolute atomic E-state index is 14.5. The monoisotopic (exact) mass is 412 g/mol. The van der Waals surface area contributed by atoms with Crippen LogP contribution in [0.3, 0.4) is 0 Å². The number of unbranched alkanes of at least 4 members (excludes halogenated alkanes) is 6. The van der Waals surface area contributed by atoms with Crippen LogP contribution in [0.4, 0.5) is 4.39 Å². The predicted molar refractivity (Wildman–Crippen MR) is 128 cm³/mol. The summed E-state index contributed by atoms with van der Waals surface area (Å²) in [6.07, 6.45) is 13.5. The molecule has 30 heavy (non-hydrogen) atoms. The molecule has 2 aromatic carbocycles. The molecule has 2 aromatic rings. The topological polar surface area (TPSA) is 9.23 Å². The fraction of sp³-hybridized carbons (Fsp3) is 0.571. The van der Waals surface area contributed by atoms with Gasteiger partial charge in [0, 0.05) is 0 Å². The summed E-state index contributed by atoms with van der Waals surface area (Å²) < 4.78 is 20.2. The van der Waals surface area contributed by atoms with Crippen molar-refractivity contribution in [3.05, 3.63) is 53.8 Å². The van der Waals surface area contributed by atoms with E-state index in [1.165, 1.54) is 56.9 Å². The molecule has 0 saturated heterocycles. The first kappa shape index (κ1) is 24.4. The second-order valence-corrected chi connectivity index (χ2v) is 8.72. The Labute approximate surface area is 184 Å². The van der Waals surface area contributed by atoms with E-state index in [0.29, 0.717) is 12.4 Å². The molecule has 0 heterocycles. The van der Waals surface area contributed by atoms with E-state index in [1.54, 1.807) is 12.1 Å². The lowest BCUT2D eigenvalue weighted by Crippen LogP contribution is -1.99. The highest BCUT2D eigenvalue weighted by atomic mass is 19.1. The molecule has 0 aliphatic heterocycles. The van der Waals surface area contributed by atoms with E-state index in [0.717, 1.165) is 36.3 Å². The van der Waals surface area contributed by atoms with Gasteiger partial charge in [0.25, 0.3) is 0 Å². The van der Waals surface area contributed by atoms with Crippen LogP contribution in [0.25, 0.3) is 11.1 Å². The number of benzene rings is 2. The highest BCUT2D eigenvalue weighted by Gasteiger charge is 2.07. The van der Waals surface area contributed by atoms with Gasteiger partial charge in [-0.15, -0.1) is 0 Å². The molecule has 0 aliphatic carbocycles. The number of aryl methyl sites for hydroxylation is 1. The minimum absolute atomic E-state index is 0.270. The zero-order valence-electron chi connectivity index (χ0n) is 19.4. The van der Waals surface area contributed by atoms with Crippen LogP contribution in [0, 0.1) is 11.7 Å². The van der Waals surface area contributed by atoms with Crippen LogP contribution >= 0.6 is 0 Å². The number of rotatable bonds is 15. The molecular weight excluding hydrogens is 371 g/mol. The zero-order chi connectivity index (χ0) is 21.6. The third-order valence-corrected chi connectivity index (χ3v) is 6.08. The molecule has 0 spiro atoms. The molecular formula is C28H41FO. The van der Waals surface area contributed by atoms with Gasteiger partial charge in [-0.1, -0.05) is 102 Å². The van der Waals surface area contributed by atoms with Gasteiger partial charge < -0.3 is 4.74 Å². The van der Waals surface area contributed by atoms with Crippen LogP contribution in [-0.4, -0.2) is 6.61 Å². The second kappa shape index (κ2) is 14.2. The SMILES string of the molecule is CCCCCc1ccc(-c2ccc(OCCCCCCCC(C)CC)c(F)c2)cc1. The summed E-state index contributed by atoms with van der Waals surface area (Å²) in [5.41, 5.74) is 3.31. The van der Waals surface area contributed by atoms with E-state index >= 15 is 0 Å². The second-order valence-electron chi connectivity index (χ2n) is 8.72. The predicted octanol–water partition coefficient (Wildman–Crippen LogP) is 8.99. The summed E-state index contributed by atoms with van der Waals surface area (Å²) >= 11 is 0. The molecule has 0 N–H and O–H groups in total. The van der Waals surface area contributed by atoms with Gasteiger partial charge in [-0.2, -0.15) is 0 Å². The largest absolute Gasteiger partial charge is 0.491 e. The van der Waals surface area contributed by atoms with Crippen molar-refractivity contribution in [3.8, 4) is 16.9 Å². The van der Waals surface area contributed by atoms with Gasteiger partial charge in [0.05, 0.1) is 6.61 Å². The van der Waals surface area contributed by atoms with Crippen LogP contribution < -0.4 is 4.74 Å². The van der Waals surface area contributed by atoms with Gasteiger partial charge in [0.2, 0.25) is 0 Å². The Kier molecular flexibility index (Phi) is 11.6. The fourth-order valence-electron chi connectivity index (χ4n) is 3.75. The summed E-state index contributed by atoms with van der Waals surface area (Å²) in [6.45, 7) is 7.41. The first-order valence-corrected chi connectivity index (χ1v) is 12.2. The highest BCUT2D eigenvalue weighted by molar-refractivity contribution is 5.64. The minimum Gasteiger partial charge on any atom is -0.491 e. The molecule has 1 nitrogen and oxygen atoms in total. The molecule has 0 bridgehead atoms. The first-order valence-electron chi connectivity index (χ1n) is 12.2. The van der Waals surface area contributed by atoms with E-state index in [2.05, 4.69) is 45.0 Å². The highest BCUT2D eigenvalue weighted by Crippen LogP contribution is 2.26. The summed E-state index contributed by atoms with van der Waals surface area (Å²) in [6, 6.07) is 13.8. The Morgan fingerprint density at radius 2 is 1.50 bits per heavy atom. The average molecular weight is 413 g/mol. The minimum atomic E-state index is -0.270. The van der Waals surface area contributed by atoms with Gasteiger partial charge in [-0.3, -0.25) is 0 Å². The molecule has 166 valence electrons. The summed E-state index contributed by atoms with van der Waals surface area (Å²) in [5.74, 6) is 0.947. The molecule has 0 amide bonds. The average Bonchev–Trinajstić information content (AvgIpc) is 2.77. The van der Waals surface area contributed by atoms with E-state index < -0.39 is 0 Å².